The van der Waals surface area contributed by atoms with Crippen LogP contribution in [0.3, 0.4) is 0 Å². The van der Waals surface area contributed by atoms with E-state index in [9.17, 15) is 14.0 Å². The van der Waals surface area contributed by atoms with Crippen molar-refractivity contribution in [2.45, 2.75) is 26.3 Å². The maximum Gasteiger partial charge on any atom is 0.290 e. The molecule has 1 aliphatic rings. The van der Waals surface area contributed by atoms with Gasteiger partial charge < -0.3 is 14.2 Å². The molecule has 0 bridgehead atoms. The van der Waals surface area contributed by atoms with E-state index in [1.165, 1.54) is 17.0 Å². The monoisotopic (exact) mass is 487 g/mol. The summed E-state index contributed by atoms with van der Waals surface area (Å²) in [6, 6.07) is 10.6. The predicted octanol–water partition coefficient (Wildman–Crippen LogP) is 3.55. The van der Waals surface area contributed by atoms with Gasteiger partial charge in [-0.05, 0) is 49.7 Å². The maximum atomic E-state index is 14.1. The molecule has 5 nitrogen and oxygen atoms in total. The molecule has 2 aromatic carbocycles. The topological polar surface area (TPSA) is 55.0 Å². The summed E-state index contributed by atoms with van der Waals surface area (Å²) < 4.78 is 20.7. The summed E-state index contributed by atoms with van der Waals surface area (Å²) in [5.41, 5.74) is 0.977. The SMILES string of the molecule is CC[NH+](CC)CCCN1C(=O)c2oc3ccc(Br)cc3c(=O)c2[C@H]1c1cccc(F)c1. The number of nitrogens with zero attached hydrogens (tertiary/aromatic N) is 1. The second-order valence-corrected chi connectivity index (χ2v) is 8.75. The lowest BCUT2D eigenvalue weighted by Crippen LogP contribution is -3.11. The van der Waals surface area contributed by atoms with Gasteiger partial charge in [0, 0.05) is 17.4 Å². The van der Waals surface area contributed by atoms with Gasteiger partial charge in [0.15, 0.2) is 5.43 Å². The molecule has 1 atom stereocenters. The molecule has 1 N–H and O–H groups in total. The normalized spacial score (nSPS) is 15.8. The molecular weight excluding hydrogens is 463 g/mol. The Morgan fingerprint density at radius 3 is 2.61 bits per heavy atom. The van der Waals surface area contributed by atoms with Crippen LogP contribution in [0.5, 0.6) is 0 Å². The number of halogens is 2. The Kier molecular flexibility index (Phi) is 6.25. The zero-order chi connectivity index (χ0) is 22.1. The lowest BCUT2D eigenvalue weighted by atomic mass is 9.98. The van der Waals surface area contributed by atoms with Crippen molar-refractivity contribution in [2.75, 3.05) is 26.2 Å². The maximum absolute atomic E-state index is 14.1. The molecule has 0 radical (unpaired) electrons. The lowest BCUT2D eigenvalue weighted by Gasteiger charge is -2.26. The highest BCUT2D eigenvalue weighted by atomic mass is 79.9. The second-order valence-electron chi connectivity index (χ2n) is 7.83. The number of carbonyl (C=O) groups is 1. The van der Waals surface area contributed by atoms with E-state index in [1.54, 1.807) is 35.2 Å². The first kappa shape index (κ1) is 21.7. The second kappa shape index (κ2) is 8.93. The number of rotatable bonds is 7. The van der Waals surface area contributed by atoms with Gasteiger partial charge in [-0.3, -0.25) is 9.59 Å². The number of benzene rings is 2. The van der Waals surface area contributed by atoms with Crippen LogP contribution in [0.25, 0.3) is 11.0 Å². The van der Waals surface area contributed by atoms with Gasteiger partial charge in [-0.15, -0.1) is 0 Å². The summed E-state index contributed by atoms with van der Waals surface area (Å²) in [5.74, 6) is -0.663. The molecule has 1 aliphatic heterocycles. The Bertz CT molecular complexity index is 1190. The van der Waals surface area contributed by atoms with Gasteiger partial charge >= 0.3 is 0 Å². The van der Waals surface area contributed by atoms with Crippen LogP contribution in [-0.4, -0.2) is 37.0 Å². The average Bonchev–Trinajstić information content (AvgIpc) is 3.04. The molecule has 3 aromatic rings. The number of hydrogen-bond donors (Lipinski definition) is 1. The van der Waals surface area contributed by atoms with E-state index in [-0.39, 0.29) is 22.7 Å². The van der Waals surface area contributed by atoms with Crippen molar-refractivity contribution in [3.8, 4) is 0 Å². The number of amides is 1. The number of fused-ring (bicyclic) bond motifs is 2. The molecule has 0 saturated heterocycles. The Morgan fingerprint density at radius 2 is 1.90 bits per heavy atom. The third-order valence-corrected chi connectivity index (χ3v) is 6.51. The van der Waals surface area contributed by atoms with Crippen molar-refractivity contribution >= 4 is 32.8 Å². The van der Waals surface area contributed by atoms with Crippen molar-refractivity contribution in [1.29, 1.82) is 0 Å². The summed E-state index contributed by atoms with van der Waals surface area (Å²) >= 11 is 3.39. The number of carbonyl (C=O) groups excluding carboxylic acids is 1. The largest absolute Gasteiger partial charge is 0.450 e. The number of hydrogen-bond acceptors (Lipinski definition) is 3. The predicted molar refractivity (Wildman–Crippen MR) is 121 cm³/mol. The third kappa shape index (κ3) is 4.04. The Hall–Kier alpha value is -2.51. The summed E-state index contributed by atoms with van der Waals surface area (Å²) in [7, 11) is 0. The summed E-state index contributed by atoms with van der Waals surface area (Å²) in [6.45, 7) is 7.68. The molecule has 1 amide bonds. The van der Waals surface area contributed by atoms with E-state index in [0.29, 0.717) is 23.1 Å². The van der Waals surface area contributed by atoms with Gasteiger partial charge in [0.2, 0.25) is 5.76 Å². The van der Waals surface area contributed by atoms with Crippen molar-refractivity contribution in [3.05, 3.63) is 79.9 Å². The van der Waals surface area contributed by atoms with E-state index in [1.807, 2.05) is 0 Å². The minimum atomic E-state index is -0.662. The molecule has 0 fully saturated rings. The van der Waals surface area contributed by atoms with Crippen LogP contribution in [-0.2, 0) is 0 Å². The fourth-order valence-corrected chi connectivity index (χ4v) is 4.71. The molecule has 1 aromatic heterocycles. The van der Waals surface area contributed by atoms with Crippen LogP contribution in [0.2, 0.25) is 0 Å². The highest BCUT2D eigenvalue weighted by Gasteiger charge is 2.42. The highest BCUT2D eigenvalue weighted by molar-refractivity contribution is 9.10. The van der Waals surface area contributed by atoms with Crippen molar-refractivity contribution < 1.29 is 18.5 Å². The zero-order valence-electron chi connectivity index (χ0n) is 17.6. The third-order valence-electron chi connectivity index (χ3n) is 6.02. The lowest BCUT2D eigenvalue weighted by molar-refractivity contribution is -0.896. The smallest absolute Gasteiger partial charge is 0.290 e. The van der Waals surface area contributed by atoms with Crippen LogP contribution in [0.1, 0.15) is 48.0 Å². The van der Waals surface area contributed by atoms with Gasteiger partial charge in [-0.2, -0.15) is 0 Å². The van der Waals surface area contributed by atoms with Crippen LogP contribution < -0.4 is 10.3 Å². The Labute approximate surface area is 188 Å². The minimum Gasteiger partial charge on any atom is -0.450 e. The number of nitrogens with one attached hydrogen (secondary N) is 1. The van der Waals surface area contributed by atoms with E-state index in [4.69, 9.17) is 4.42 Å². The van der Waals surface area contributed by atoms with Gasteiger partial charge in [-0.25, -0.2) is 4.39 Å². The molecule has 7 heteroatoms. The Morgan fingerprint density at radius 1 is 1.13 bits per heavy atom. The van der Waals surface area contributed by atoms with Crippen LogP contribution in [0.4, 0.5) is 4.39 Å². The molecule has 0 spiro atoms. The molecule has 2 heterocycles. The minimum absolute atomic E-state index is 0.0595. The van der Waals surface area contributed by atoms with Crippen molar-refractivity contribution in [2.24, 2.45) is 0 Å². The van der Waals surface area contributed by atoms with Crippen LogP contribution in [0.15, 0.2) is 56.1 Å². The van der Waals surface area contributed by atoms with Gasteiger partial charge in [-0.1, -0.05) is 28.1 Å². The molecular formula is C24H25BrFN2O3+. The summed E-state index contributed by atoms with van der Waals surface area (Å²) in [6.07, 6.45) is 0.780. The fourth-order valence-electron chi connectivity index (χ4n) is 4.35. The van der Waals surface area contributed by atoms with E-state index in [2.05, 4.69) is 29.8 Å². The van der Waals surface area contributed by atoms with E-state index < -0.39 is 11.9 Å². The summed E-state index contributed by atoms with van der Waals surface area (Å²) in [5, 5.41) is 0.400. The Balaban J connectivity index is 1.81. The fraction of sp³-hybridized carbons (Fsp3) is 0.333. The molecule has 0 saturated carbocycles. The van der Waals surface area contributed by atoms with Gasteiger partial charge in [0.05, 0.1) is 36.6 Å². The van der Waals surface area contributed by atoms with Crippen LogP contribution >= 0.6 is 15.9 Å². The zero-order valence-corrected chi connectivity index (χ0v) is 19.2. The first-order valence-corrected chi connectivity index (χ1v) is 11.4. The first-order chi connectivity index (χ1) is 14.9. The van der Waals surface area contributed by atoms with E-state index >= 15 is 0 Å². The quantitative estimate of drug-likeness (QED) is 0.554. The van der Waals surface area contributed by atoms with Gasteiger partial charge in [0.1, 0.15) is 11.4 Å². The average molecular weight is 488 g/mol. The van der Waals surface area contributed by atoms with E-state index in [0.717, 1.165) is 30.5 Å². The molecule has 162 valence electrons. The first-order valence-electron chi connectivity index (χ1n) is 10.6. The van der Waals surface area contributed by atoms with Crippen molar-refractivity contribution in [3.63, 3.8) is 0 Å². The van der Waals surface area contributed by atoms with Crippen molar-refractivity contribution in [1.82, 2.24) is 4.90 Å². The number of quaternary nitrogens is 1. The highest BCUT2D eigenvalue weighted by Crippen LogP contribution is 2.38. The summed E-state index contributed by atoms with van der Waals surface area (Å²) in [4.78, 5) is 29.9. The van der Waals surface area contributed by atoms with Gasteiger partial charge in [0.25, 0.3) is 5.91 Å². The molecule has 0 unspecified atom stereocenters. The standard InChI is InChI=1S/C24H24BrFN2O3/c1-3-27(4-2)11-6-12-28-21(15-7-5-8-17(26)13-15)20-22(29)18-14-16(25)9-10-19(18)31-23(20)24(28)30/h5,7-10,13-14,21H,3-4,6,11-12H2,1-2H3/p+1/t21-/m1/s1. The molecule has 4 rings (SSSR count). The van der Waals surface area contributed by atoms with Crippen LogP contribution in [0, 0.1) is 5.82 Å². The molecule has 0 aliphatic carbocycles. The molecule has 31 heavy (non-hydrogen) atoms.